The lowest BCUT2D eigenvalue weighted by atomic mass is 9.99. The third kappa shape index (κ3) is 19.3. The van der Waals surface area contributed by atoms with Crippen molar-refractivity contribution in [3.05, 3.63) is 34.9 Å². The molecular formula is C34H66N2+2. The van der Waals surface area contributed by atoms with E-state index in [1.54, 1.807) is 5.56 Å². The highest BCUT2D eigenvalue weighted by atomic mass is 15.3. The number of aryl methyl sites for hydroxylation is 3. The zero-order valence-corrected chi connectivity index (χ0v) is 26.0. The van der Waals surface area contributed by atoms with Crippen LogP contribution in [0.2, 0.25) is 0 Å². The molecule has 0 unspecified atom stereocenters. The van der Waals surface area contributed by atoms with Gasteiger partial charge in [-0.15, -0.1) is 0 Å². The quantitative estimate of drug-likeness (QED) is 0.103. The second-order valence-electron chi connectivity index (χ2n) is 13.6. The SMILES string of the molecule is Cc1ccc(CCCCCCCCCCCCCCCCCC[N+](C)(C)CCC[N+](C)(C)C)c(C)c1. The fourth-order valence-electron chi connectivity index (χ4n) is 5.54. The van der Waals surface area contributed by atoms with E-state index in [0.29, 0.717) is 0 Å². The van der Waals surface area contributed by atoms with Crippen LogP contribution >= 0.6 is 0 Å². The summed E-state index contributed by atoms with van der Waals surface area (Å²) in [5, 5.41) is 0. The Labute approximate surface area is 228 Å². The Morgan fingerprint density at radius 1 is 0.472 bits per heavy atom. The van der Waals surface area contributed by atoms with E-state index in [0.717, 1.165) is 4.48 Å². The molecule has 0 saturated carbocycles. The van der Waals surface area contributed by atoms with E-state index in [-0.39, 0.29) is 0 Å². The molecule has 2 nitrogen and oxygen atoms in total. The van der Waals surface area contributed by atoms with Gasteiger partial charge in [0.2, 0.25) is 0 Å². The van der Waals surface area contributed by atoms with Crippen LogP contribution in [-0.4, -0.2) is 63.8 Å². The van der Waals surface area contributed by atoms with Crippen LogP contribution in [0.25, 0.3) is 0 Å². The summed E-state index contributed by atoms with van der Waals surface area (Å²) in [6.45, 7) is 8.42. The minimum atomic E-state index is 1.09. The molecule has 0 aliphatic carbocycles. The molecule has 1 aromatic carbocycles. The summed E-state index contributed by atoms with van der Waals surface area (Å²) in [5.74, 6) is 0. The van der Waals surface area contributed by atoms with Crippen LogP contribution in [0.1, 0.15) is 126 Å². The van der Waals surface area contributed by atoms with Crippen molar-refractivity contribution in [2.24, 2.45) is 0 Å². The number of hydrogen-bond donors (Lipinski definition) is 0. The maximum absolute atomic E-state index is 2.42. The maximum Gasteiger partial charge on any atom is 0.0836 e. The number of nitrogens with zero attached hydrogens (tertiary/aromatic N) is 2. The Morgan fingerprint density at radius 3 is 1.33 bits per heavy atom. The molecule has 0 spiro atoms. The smallest absolute Gasteiger partial charge is 0.0836 e. The van der Waals surface area contributed by atoms with Crippen LogP contribution in [0.3, 0.4) is 0 Å². The standard InChI is InChI=1S/C34H66N2/c1-32-26-27-34(33(2)31-32)25-22-20-18-16-14-12-10-8-9-11-13-15-17-19-21-23-29-36(6,7)30-24-28-35(3,4)5/h26-27,31H,8-25,28-30H2,1-7H3/q+2. The minimum Gasteiger partial charge on any atom is -0.331 e. The molecular weight excluding hydrogens is 436 g/mol. The third-order valence-corrected chi connectivity index (χ3v) is 8.05. The van der Waals surface area contributed by atoms with Gasteiger partial charge in [0.05, 0.1) is 54.9 Å². The highest BCUT2D eigenvalue weighted by Gasteiger charge is 2.16. The monoisotopic (exact) mass is 503 g/mol. The summed E-state index contributed by atoms with van der Waals surface area (Å²) in [6.07, 6.45) is 25.7. The molecule has 1 rings (SSSR count). The number of hydrogen-bond acceptors (Lipinski definition) is 0. The van der Waals surface area contributed by atoms with Gasteiger partial charge in [-0.3, -0.25) is 0 Å². The van der Waals surface area contributed by atoms with Crippen LogP contribution < -0.4 is 0 Å². The van der Waals surface area contributed by atoms with Crippen molar-refractivity contribution >= 4 is 0 Å². The van der Waals surface area contributed by atoms with Crippen molar-refractivity contribution in [1.82, 2.24) is 0 Å². The molecule has 0 radical (unpaired) electrons. The molecule has 0 aliphatic heterocycles. The summed E-state index contributed by atoms with van der Waals surface area (Å²) in [5.41, 5.74) is 4.42. The molecule has 0 saturated heterocycles. The van der Waals surface area contributed by atoms with Gasteiger partial charge in [0.25, 0.3) is 0 Å². The summed E-state index contributed by atoms with van der Waals surface area (Å²) in [7, 11) is 11.8. The number of benzene rings is 1. The summed E-state index contributed by atoms with van der Waals surface area (Å²) in [6, 6.07) is 6.93. The molecule has 210 valence electrons. The van der Waals surface area contributed by atoms with Crippen LogP contribution in [0, 0.1) is 13.8 Å². The topological polar surface area (TPSA) is 0 Å². The largest absolute Gasteiger partial charge is 0.331 e. The van der Waals surface area contributed by atoms with E-state index in [2.05, 4.69) is 67.3 Å². The highest BCUT2D eigenvalue weighted by molar-refractivity contribution is 5.30. The van der Waals surface area contributed by atoms with Gasteiger partial charge in [-0.05, 0) is 50.7 Å². The first-order valence-electron chi connectivity index (χ1n) is 15.8. The van der Waals surface area contributed by atoms with Crippen LogP contribution in [0.5, 0.6) is 0 Å². The van der Waals surface area contributed by atoms with Crippen molar-refractivity contribution < 1.29 is 8.97 Å². The van der Waals surface area contributed by atoms with Gasteiger partial charge in [0, 0.05) is 6.42 Å². The summed E-state index contributed by atoms with van der Waals surface area (Å²) < 4.78 is 2.29. The molecule has 0 fully saturated rings. The summed E-state index contributed by atoms with van der Waals surface area (Å²) in [4.78, 5) is 0. The van der Waals surface area contributed by atoms with Crippen LogP contribution in [-0.2, 0) is 6.42 Å². The van der Waals surface area contributed by atoms with E-state index in [9.17, 15) is 0 Å². The van der Waals surface area contributed by atoms with E-state index >= 15 is 0 Å². The minimum absolute atomic E-state index is 1.09. The van der Waals surface area contributed by atoms with Crippen molar-refractivity contribution in [3.63, 3.8) is 0 Å². The third-order valence-electron chi connectivity index (χ3n) is 8.05. The number of quaternary nitrogens is 2. The Balaban J connectivity index is 1.80. The van der Waals surface area contributed by atoms with Gasteiger partial charge < -0.3 is 8.97 Å². The molecule has 36 heavy (non-hydrogen) atoms. The molecule has 1 aromatic rings. The van der Waals surface area contributed by atoms with Gasteiger partial charge in [-0.1, -0.05) is 107 Å². The van der Waals surface area contributed by atoms with E-state index in [1.165, 1.54) is 151 Å². The van der Waals surface area contributed by atoms with Crippen molar-refractivity contribution in [2.45, 2.75) is 129 Å². The van der Waals surface area contributed by atoms with Gasteiger partial charge in [0.15, 0.2) is 0 Å². The fourth-order valence-corrected chi connectivity index (χ4v) is 5.54. The molecule has 0 bridgehead atoms. The Hall–Kier alpha value is -0.860. The Morgan fingerprint density at radius 2 is 0.889 bits per heavy atom. The maximum atomic E-state index is 2.42. The van der Waals surface area contributed by atoms with Gasteiger partial charge in [0.1, 0.15) is 0 Å². The average Bonchev–Trinajstić information content (AvgIpc) is 2.78. The first-order valence-corrected chi connectivity index (χ1v) is 15.8. The predicted molar refractivity (Wildman–Crippen MR) is 163 cm³/mol. The zero-order chi connectivity index (χ0) is 26.7. The lowest BCUT2D eigenvalue weighted by Gasteiger charge is -2.31. The second kappa shape index (κ2) is 19.2. The highest BCUT2D eigenvalue weighted by Crippen LogP contribution is 2.17. The van der Waals surface area contributed by atoms with Crippen LogP contribution in [0.4, 0.5) is 0 Å². The lowest BCUT2D eigenvalue weighted by Crippen LogP contribution is -2.44. The van der Waals surface area contributed by atoms with Gasteiger partial charge >= 0.3 is 0 Å². The Bertz CT molecular complexity index is 656. The number of unbranched alkanes of at least 4 members (excludes halogenated alkanes) is 15. The molecule has 2 heteroatoms. The van der Waals surface area contributed by atoms with Gasteiger partial charge in [-0.25, -0.2) is 0 Å². The Kier molecular flexibility index (Phi) is 17.7. The lowest BCUT2D eigenvalue weighted by molar-refractivity contribution is -0.902. The van der Waals surface area contributed by atoms with Crippen molar-refractivity contribution in [1.29, 1.82) is 0 Å². The van der Waals surface area contributed by atoms with Crippen LogP contribution in [0.15, 0.2) is 18.2 Å². The summed E-state index contributed by atoms with van der Waals surface area (Å²) >= 11 is 0. The fraction of sp³-hybridized carbons (Fsp3) is 0.824. The molecule has 0 aliphatic rings. The van der Waals surface area contributed by atoms with E-state index in [1.807, 2.05) is 0 Å². The van der Waals surface area contributed by atoms with Gasteiger partial charge in [-0.2, -0.15) is 0 Å². The molecule has 0 heterocycles. The molecule has 0 atom stereocenters. The van der Waals surface area contributed by atoms with E-state index < -0.39 is 0 Å². The molecule has 0 aromatic heterocycles. The molecule has 0 N–H and O–H groups in total. The first kappa shape index (κ1) is 33.2. The first-order chi connectivity index (χ1) is 17.1. The molecule has 0 amide bonds. The second-order valence-corrected chi connectivity index (χ2v) is 13.6. The average molecular weight is 503 g/mol. The van der Waals surface area contributed by atoms with Crippen molar-refractivity contribution in [3.8, 4) is 0 Å². The number of rotatable bonds is 23. The normalized spacial score (nSPS) is 12.4. The van der Waals surface area contributed by atoms with E-state index in [4.69, 9.17) is 0 Å². The zero-order valence-electron chi connectivity index (χ0n) is 26.0. The predicted octanol–water partition coefficient (Wildman–Crippen LogP) is 9.26. The van der Waals surface area contributed by atoms with Crippen molar-refractivity contribution in [2.75, 3.05) is 54.9 Å².